The second kappa shape index (κ2) is 4.45. The van der Waals surface area contributed by atoms with E-state index in [1.165, 1.54) is 32.4 Å². The third-order valence-corrected chi connectivity index (χ3v) is 1.85. The maximum Gasteiger partial charge on any atom is 0.377 e. The van der Waals surface area contributed by atoms with Crippen molar-refractivity contribution in [2.24, 2.45) is 0 Å². The van der Waals surface area contributed by atoms with Gasteiger partial charge in [0, 0.05) is 6.07 Å². The van der Waals surface area contributed by atoms with E-state index in [-0.39, 0.29) is 11.3 Å². The van der Waals surface area contributed by atoms with Gasteiger partial charge in [0.25, 0.3) is 5.78 Å². The highest BCUT2D eigenvalue weighted by Crippen LogP contribution is 2.24. The third kappa shape index (κ3) is 2.25. The standard InChI is InChI=1S/C10H10O5/c1-14-6-3-4-7(8(5-6)15-2)9(11)10(12)13/h3-5H,1-2H3,(H,12,13). The number of benzene rings is 1. The lowest BCUT2D eigenvalue weighted by atomic mass is 10.1. The van der Waals surface area contributed by atoms with Crippen molar-refractivity contribution in [3.8, 4) is 11.5 Å². The first-order valence-corrected chi connectivity index (χ1v) is 4.09. The number of ketones is 1. The Morgan fingerprint density at radius 3 is 2.33 bits per heavy atom. The van der Waals surface area contributed by atoms with E-state index in [4.69, 9.17) is 14.6 Å². The van der Waals surface area contributed by atoms with Crippen LogP contribution in [0.25, 0.3) is 0 Å². The van der Waals surface area contributed by atoms with Crippen molar-refractivity contribution in [1.29, 1.82) is 0 Å². The Balaban J connectivity index is 3.18. The fraction of sp³-hybridized carbons (Fsp3) is 0.200. The molecular formula is C10H10O5. The lowest BCUT2D eigenvalue weighted by Gasteiger charge is -2.07. The molecule has 0 amide bonds. The van der Waals surface area contributed by atoms with Gasteiger partial charge in [0.1, 0.15) is 11.5 Å². The van der Waals surface area contributed by atoms with Crippen molar-refractivity contribution in [1.82, 2.24) is 0 Å². The minimum atomic E-state index is -1.52. The minimum absolute atomic E-state index is 0.00537. The van der Waals surface area contributed by atoms with Crippen molar-refractivity contribution in [3.05, 3.63) is 23.8 Å². The van der Waals surface area contributed by atoms with E-state index in [1.54, 1.807) is 0 Å². The van der Waals surface area contributed by atoms with Crippen LogP contribution in [0.5, 0.6) is 11.5 Å². The van der Waals surface area contributed by atoms with E-state index < -0.39 is 11.8 Å². The van der Waals surface area contributed by atoms with E-state index in [0.29, 0.717) is 5.75 Å². The van der Waals surface area contributed by atoms with Gasteiger partial charge < -0.3 is 14.6 Å². The SMILES string of the molecule is COc1ccc(C(=O)C(=O)O)c(OC)c1. The van der Waals surface area contributed by atoms with Gasteiger partial charge in [0.05, 0.1) is 19.8 Å². The number of carboxylic acids is 1. The summed E-state index contributed by atoms with van der Waals surface area (Å²) in [5, 5.41) is 8.55. The molecule has 0 aliphatic rings. The number of carboxylic acid groups (broad SMARTS) is 1. The van der Waals surface area contributed by atoms with Gasteiger partial charge in [0.15, 0.2) is 0 Å². The van der Waals surface area contributed by atoms with Crippen LogP contribution in [0.4, 0.5) is 0 Å². The summed E-state index contributed by atoms with van der Waals surface area (Å²) in [6.45, 7) is 0. The Labute approximate surface area is 86.2 Å². The van der Waals surface area contributed by atoms with Crippen molar-refractivity contribution in [3.63, 3.8) is 0 Å². The number of carbonyl (C=O) groups excluding carboxylic acids is 1. The second-order valence-corrected chi connectivity index (χ2v) is 2.70. The number of ether oxygens (including phenoxy) is 2. The molecule has 0 heterocycles. The predicted molar refractivity (Wildman–Crippen MR) is 51.5 cm³/mol. The van der Waals surface area contributed by atoms with Crippen LogP contribution in [0.15, 0.2) is 18.2 Å². The topological polar surface area (TPSA) is 72.8 Å². The Hall–Kier alpha value is -2.04. The molecule has 0 bridgehead atoms. The van der Waals surface area contributed by atoms with Gasteiger partial charge in [-0.1, -0.05) is 0 Å². The number of methoxy groups -OCH3 is 2. The molecule has 0 fully saturated rings. The van der Waals surface area contributed by atoms with E-state index in [1.807, 2.05) is 0 Å². The zero-order chi connectivity index (χ0) is 11.4. The van der Waals surface area contributed by atoms with Gasteiger partial charge in [-0.3, -0.25) is 4.79 Å². The Bertz CT molecular complexity index is 397. The van der Waals surface area contributed by atoms with Crippen LogP contribution in [0.2, 0.25) is 0 Å². The number of hydrogen-bond donors (Lipinski definition) is 1. The fourth-order valence-corrected chi connectivity index (χ4v) is 1.10. The Kier molecular flexibility index (Phi) is 3.28. The second-order valence-electron chi connectivity index (χ2n) is 2.70. The van der Waals surface area contributed by atoms with E-state index in [0.717, 1.165) is 0 Å². The average Bonchev–Trinajstić information content (AvgIpc) is 2.27. The van der Waals surface area contributed by atoms with Crippen LogP contribution >= 0.6 is 0 Å². The summed E-state index contributed by atoms with van der Waals surface area (Å²) >= 11 is 0. The van der Waals surface area contributed by atoms with E-state index in [2.05, 4.69) is 0 Å². The first-order chi connectivity index (χ1) is 7.10. The number of aliphatic carboxylic acids is 1. The zero-order valence-electron chi connectivity index (χ0n) is 8.31. The van der Waals surface area contributed by atoms with E-state index >= 15 is 0 Å². The highest BCUT2D eigenvalue weighted by Gasteiger charge is 2.19. The molecule has 0 unspecified atom stereocenters. The van der Waals surface area contributed by atoms with Gasteiger partial charge >= 0.3 is 5.97 Å². The molecule has 1 N–H and O–H groups in total. The molecule has 5 nitrogen and oxygen atoms in total. The van der Waals surface area contributed by atoms with Crippen LogP contribution in [-0.2, 0) is 4.79 Å². The van der Waals surface area contributed by atoms with Gasteiger partial charge in [-0.15, -0.1) is 0 Å². The van der Waals surface area contributed by atoms with Crippen molar-refractivity contribution < 1.29 is 24.2 Å². The van der Waals surface area contributed by atoms with Gasteiger partial charge in [0.2, 0.25) is 0 Å². The number of carbonyl (C=O) groups is 2. The smallest absolute Gasteiger partial charge is 0.377 e. The average molecular weight is 210 g/mol. The van der Waals surface area contributed by atoms with Crippen LogP contribution in [-0.4, -0.2) is 31.1 Å². The largest absolute Gasteiger partial charge is 0.497 e. The molecule has 0 aromatic heterocycles. The van der Waals surface area contributed by atoms with Crippen LogP contribution in [0.3, 0.4) is 0 Å². The van der Waals surface area contributed by atoms with E-state index in [9.17, 15) is 9.59 Å². The fourth-order valence-electron chi connectivity index (χ4n) is 1.10. The molecule has 0 aliphatic heterocycles. The Morgan fingerprint density at radius 1 is 1.20 bits per heavy atom. The molecule has 0 radical (unpaired) electrons. The van der Waals surface area contributed by atoms with Crippen LogP contribution in [0.1, 0.15) is 10.4 Å². The van der Waals surface area contributed by atoms with Gasteiger partial charge in [-0.25, -0.2) is 4.79 Å². The predicted octanol–water partition coefficient (Wildman–Crippen LogP) is 0.971. The lowest BCUT2D eigenvalue weighted by molar-refractivity contribution is -0.131. The first-order valence-electron chi connectivity index (χ1n) is 4.09. The molecule has 0 atom stereocenters. The molecule has 80 valence electrons. The molecule has 1 rings (SSSR count). The molecular weight excluding hydrogens is 200 g/mol. The van der Waals surface area contributed by atoms with Crippen LogP contribution < -0.4 is 9.47 Å². The zero-order valence-corrected chi connectivity index (χ0v) is 8.31. The summed E-state index contributed by atoms with van der Waals surface area (Å²) in [6.07, 6.45) is 0. The first kappa shape index (κ1) is 11.0. The maximum absolute atomic E-state index is 11.2. The highest BCUT2D eigenvalue weighted by atomic mass is 16.5. The van der Waals surface area contributed by atoms with Crippen molar-refractivity contribution in [2.75, 3.05) is 14.2 Å². The summed E-state index contributed by atoms with van der Waals surface area (Å²) in [7, 11) is 2.82. The molecule has 0 saturated carbocycles. The molecule has 0 aliphatic carbocycles. The highest BCUT2D eigenvalue weighted by molar-refractivity contribution is 6.40. The monoisotopic (exact) mass is 210 g/mol. The molecule has 5 heteroatoms. The van der Waals surface area contributed by atoms with Crippen LogP contribution in [0, 0.1) is 0 Å². The number of hydrogen-bond acceptors (Lipinski definition) is 4. The van der Waals surface area contributed by atoms with Crippen molar-refractivity contribution in [2.45, 2.75) is 0 Å². The normalized spacial score (nSPS) is 9.47. The summed E-state index contributed by atoms with van der Waals surface area (Å²) in [5.74, 6) is -1.84. The summed E-state index contributed by atoms with van der Waals surface area (Å²) in [5.41, 5.74) is 0.00537. The van der Waals surface area contributed by atoms with Gasteiger partial charge in [-0.2, -0.15) is 0 Å². The van der Waals surface area contributed by atoms with Crippen molar-refractivity contribution >= 4 is 11.8 Å². The summed E-state index contributed by atoms with van der Waals surface area (Å²) in [6, 6.07) is 4.31. The number of Topliss-reactive ketones (excluding diaryl/α,β-unsaturated/α-hetero) is 1. The molecule has 15 heavy (non-hydrogen) atoms. The third-order valence-electron chi connectivity index (χ3n) is 1.85. The quantitative estimate of drug-likeness (QED) is 0.592. The number of rotatable bonds is 4. The molecule has 0 spiro atoms. The molecule has 1 aromatic carbocycles. The molecule has 0 saturated heterocycles. The summed E-state index contributed by atoms with van der Waals surface area (Å²) in [4.78, 5) is 21.7. The summed E-state index contributed by atoms with van der Waals surface area (Å²) < 4.78 is 9.81. The Morgan fingerprint density at radius 2 is 1.87 bits per heavy atom. The maximum atomic E-state index is 11.2. The lowest BCUT2D eigenvalue weighted by Crippen LogP contribution is -2.13. The molecule has 1 aromatic rings. The van der Waals surface area contributed by atoms with Gasteiger partial charge in [-0.05, 0) is 12.1 Å². The minimum Gasteiger partial charge on any atom is -0.497 e.